The summed E-state index contributed by atoms with van der Waals surface area (Å²) in [7, 11) is 0. The van der Waals surface area contributed by atoms with E-state index < -0.39 is 5.25 Å². The van der Waals surface area contributed by atoms with Gasteiger partial charge in [-0.25, -0.2) is 0 Å². The average Bonchev–Trinajstić information content (AvgIpc) is 2.95. The van der Waals surface area contributed by atoms with Gasteiger partial charge in [0.05, 0.1) is 10.9 Å². The molecule has 0 bridgehead atoms. The third-order valence-corrected chi connectivity index (χ3v) is 5.95. The fourth-order valence-corrected chi connectivity index (χ4v) is 4.46. The van der Waals surface area contributed by atoms with Crippen LogP contribution in [0.5, 0.6) is 0 Å². The van der Waals surface area contributed by atoms with Gasteiger partial charge in [-0.05, 0) is 43.5 Å². The molecule has 1 aliphatic heterocycles. The van der Waals surface area contributed by atoms with Crippen LogP contribution >= 0.6 is 23.4 Å². The number of thioether (sulfide) groups is 1. The van der Waals surface area contributed by atoms with Crippen molar-refractivity contribution in [1.29, 1.82) is 0 Å². The highest BCUT2D eigenvalue weighted by Crippen LogP contribution is 2.38. The Bertz CT molecular complexity index is 625. The Kier molecular flexibility index (Phi) is 5.14. The van der Waals surface area contributed by atoms with Crippen LogP contribution in [0.1, 0.15) is 25.7 Å². The van der Waals surface area contributed by atoms with E-state index in [1.807, 2.05) is 6.07 Å². The molecule has 0 saturated heterocycles. The minimum absolute atomic E-state index is 0.0830. The van der Waals surface area contributed by atoms with Gasteiger partial charge < -0.3 is 16.4 Å². The van der Waals surface area contributed by atoms with Gasteiger partial charge in [0, 0.05) is 22.4 Å². The first-order valence-corrected chi connectivity index (χ1v) is 9.09. The number of amides is 2. The molecule has 3 unspecified atom stereocenters. The lowest BCUT2D eigenvalue weighted by molar-refractivity contribution is -0.124. The van der Waals surface area contributed by atoms with Crippen molar-refractivity contribution in [2.24, 2.45) is 11.7 Å². The molecule has 1 aromatic rings. The highest BCUT2D eigenvalue weighted by Gasteiger charge is 2.32. The molecule has 1 aromatic carbocycles. The molecule has 1 saturated carbocycles. The van der Waals surface area contributed by atoms with Crippen LogP contribution in [0.4, 0.5) is 5.69 Å². The molecule has 124 valence electrons. The maximum Gasteiger partial charge on any atom is 0.238 e. The van der Waals surface area contributed by atoms with Crippen LogP contribution in [0.15, 0.2) is 23.1 Å². The van der Waals surface area contributed by atoms with Crippen LogP contribution in [0.25, 0.3) is 0 Å². The van der Waals surface area contributed by atoms with E-state index in [0.29, 0.717) is 23.2 Å². The van der Waals surface area contributed by atoms with Crippen molar-refractivity contribution in [3.05, 3.63) is 23.2 Å². The lowest BCUT2D eigenvalue weighted by Gasteiger charge is -2.25. The Balaban J connectivity index is 1.60. The molecule has 5 nitrogen and oxygen atoms in total. The minimum Gasteiger partial charge on any atom is -0.353 e. The number of hydrogen-bond acceptors (Lipinski definition) is 4. The van der Waals surface area contributed by atoms with E-state index in [2.05, 4.69) is 10.6 Å². The number of benzene rings is 1. The number of carbonyl (C=O) groups excluding carboxylic acids is 2. The SMILES string of the molecule is NCC1CCCC1NC(=O)CC1Sc2ccc(Cl)cc2NC1=O. The maximum absolute atomic E-state index is 12.3. The molecular weight excluding hydrogens is 334 g/mol. The first-order valence-electron chi connectivity index (χ1n) is 7.83. The Morgan fingerprint density at radius 3 is 3.04 bits per heavy atom. The topological polar surface area (TPSA) is 84.2 Å². The van der Waals surface area contributed by atoms with E-state index in [4.69, 9.17) is 17.3 Å². The molecule has 1 heterocycles. The fourth-order valence-electron chi connectivity index (χ4n) is 3.20. The van der Waals surface area contributed by atoms with Gasteiger partial charge in [0.25, 0.3) is 0 Å². The second-order valence-electron chi connectivity index (χ2n) is 6.04. The second-order valence-corrected chi connectivity index (χ2v) is 7.72. The average molecular weight is 354 g/mol. The summed E-state index contributed by atoms with van der Waals surface area (Å²) in [6.07, 6.45) is 3.30. The molecule has 0 aromatic heterocycles. The largest absolute Gasteiger partial charge is 0.353 e. The summed E-state index contributed by atoms with van der Waals surface area (Å²) in [4.78, 5) is 25.4. The van der Waals surface area contributed by atoms with Crippen molar-refractivity contribution in [3.8, 4) is 0 Å². The van der Waals surface area contributed by atoms with Crippen molar-refractivity contribution in [1.82, 2.24) is 5.32 Å². The molecule has 23 heavy (non-hydrogen) atoms. The van der Waals surface area contributed by atoms with Gasteiger partial charge in [-0.2, -0.15) is 0 Å². The first kappa shape index (κ1) is 16.6. The number of halogens is 1. The first-order chi connectivity index (χ1) is 11.1. The number of nitrogens with one attached hydrogen (secondary N) is 2. The summed E-state index contributed by atoms with van der Waals surface area (Å²) in [6, 6.07) is 5.53. The van der Waals surface area contributed by atoms with Gasteiger partial charge in [0.15, 0.2) is 0 Å². The van der Waals surface area contributed by atoms with Crippen LogP contribution in [-0.2, 0) is 9.59 Å². The van der Waals surface area contributed by atoms with Gasteiger partial charge in [0.1, 0.15) is 0 Å². The lowest BCUT2D eigenvalue weighted by Crippen LogP contribution is -2.42. The van der Waals surface area contributed by atoms with Crippen molar-refractivity contribution >= 4 is 40.9 Å². The van der Waals surface area contributed by atoms with E-state index in [1.54, 1.807) is 12.1 Å². The van der Waals surface area contributed by atoms with Crippen molar-refractivity contribution in [2.45, 2.75) is 41.9 Å². The number of anilines is 1. The van der Waals surface area contributed by atoms with E-state index in [0.717, 1.165) is 24.2 Å². The van der Waals surface area contributed by atoms with E-state index in [9.17, 15) is 9.59 Å². The van der Waals surface area contributed by atoms with Crippen molar-refractivity contribution in [3.63, 3.8) is 0 Å². The zero-order valence-electron chi connectivity index (χ0n) is 12.7. The lowest BCUT2D eigenvalue weighted by atomic mass is 10.0. The van der Waals surface area contributed by atoms with Crippen LogP contribution in [0.3, 0.4) is 0 Å². The molecule has 0 radical (unpaired) electrons. The Hall–Kier alpha value is -1.24. The Labute approximate surface area is 144 Å². The predicted octanol–water partition coefficient (Wildman–Crippen LogP) is 2.39. The minimum atomic E-state index is -0.415. The molecule has 3 atom stereocenters. The van der Waals surface area contributed by atoms with Crippen molar-refractivity contribution < 1.29 is 9.59 Å². The van der Waals surface area contributed by atoms with Gasteiger partial charge in [-0.3, -0.25) is 9.59 Å². The standard InChI is InChI=1S/C16H20ClN3O2S/c17-10-4-5-13-12(6-10)20-16(22)14(23-13)7-15(21)19-11-3-1-2-9(11)8-18/h4-6,9,11,14H,1-3,7-8,18H2,(H,19,21)(H,20,22). The monoisotopic (exact) mass is 353 g/mol. The highest BCUT2D eigenvalue weighted by atomic mass is 35.5. The zero-order chi connectivity index (χ0) is 16.4. The summed E-state index contributed by atoms with van der Waals surface area (Å²) in [5, 5.41) is 6.04. The zero-order valence-corrected chi connectivity index (χ0v) is 14.3. The van der Waals surface area contributed by atoms with Crippen molar-refractivity contribution in [2.75, 3.05) is 11.9 Å². The number of nitrogens with two attached hydrogens (primary N) is 1. The normalized spacial score (nSPS) is 26.5. The highest BCUT2D eigenvalue weighted by molar-refractivity contribution is 8.01. The van der Waals surface area contributed by atoms with E-state index in [1.165, 1.54) is 11.8 Å². The number of fused-ring (bicyclic) bond motifs is 1. The fraction of sp³-hybridized carbons (Fsp3) is 0.500. The van der Waals surface area contributed by atoms with Crippen LogP contribution < -0.4 is 16.4 Å². The number of rotatable bonds is 4. The smallest absolute Gasteiger partial charge is 0.238 e. The molecule has 7 heteroatoms. The van der Waals surface area contributed by atoms with Gasteiger partial charge in [-0.15, -0.1) is 11.8 Å². The molecule has 3 rings (SSSR count). The summed E-state index contributed by atoms with van der Waals surface area (Å²) in [5.74, 6) is 0.122. The molecule has 1 aliphatic carbocycles. The molecular formula is C16H20ClN3O2S. The summed E-state index contributed by atoms with van der Waals surface area (Å²) in [6.45, 7) is 0.595. The summed E-state index contributed by atoms with van der Waals surface area (Å²) in [5.41, 5.74) is 6.45. The third kappa shape index (κ3) is 3.82. The Morgan fingerprint density at radius 1 is 1.43 bits per heavy atom. The number of carbonyl (C=O) groups is 2. The summed E-state index contributed by atoms with van der Waals surface area (Å²) < 4.78 is 0. The van der Waals surface area contributed by atoms with Gasteiger partial charge >= 0.3 is 0 Å². The summed E-state index contributed by atoms with van der Waals surface area (Å²) >= 11 is 7.34. The van der Waals surface area contributed by atoms with Gasteiger partial charge in [0.2, 0.25) is 11.8 Å². The predicted molar refractivity (Wildman–Crippen MR) is 92.7 cm³/mol. The molecule has 0 spiro atoms. The molecule has 4 N–H and O–H groups in total. The van der Waals surface area contributed by atoms with Crippen LogP contribution in [0.2, 0.25) is 5.02 Å². The quantitative estimate of drug-likeness (QED) is 0.776. The Morgan fingerprint density at radius 2 is 2.26 bits per heavy atom. The molecule has 2 aliphatic rings. The van der Waals surface area contributed by atoms with Gasteiger partial charge in [-0.1, -0.05) is 18.0 Å². The van der Waals surface area contributed by atoms with E-state index >= 15 is 0 Å². The second kappa shape index (κ2) is 7.11. The van der Waals surface area contributed by atoms with Crippen LogP contribution in [0, 0.1) is 5.92 Å². The molecule has 1 fully saturated rings. The molecule has 2 amide bonds. The van der Waals surface area contributed by atoms with E-state index in [-0.39, 0.29) is 24.3 Å². The maximum atomic E-state index is 12.3. The van der Waals surface area contributed by atoms with Crippen LogP contribution in [-0.4, -0.2) is 29.7 Å². The third-order valence-electron chi connectivity index (χ3n) is 4.44. The number of hydrogen-bond donors (Lipinski definition) is 3.